The van der Waals surface area contributed by atoms with Gasteiger partial charge < -0.3 is 24.3 Å². The third-order valence-corrected chi connectivity index (χ3v) is 4.08. The second-order valence-corrected chi connectivity index (χ2v) is 9.03. The number of hydrogen-bond acceptors (Lipinski definition) is 7. The van der Waals surface area contributed by atoms with Gasteiger partial charge in [-0.25, -0.2) is 9.59 Å². The van der Waals surface area contributed by atoms with E-state index in [0.717, 1.165) is 0 Å². The van der Waals surface area contributed by atoms with Crippen LogP contribution in [0.5, 0.6) is 5.88 Å². The predicted molar refractivity (Wildman–Crippen MR) is 113 cm³/mol. The molecule has 1 amide bonds. The van der Waals surface area contributed by atoms with E-state index in [1.807, 2.05) is 20.8 Å². The van der Waals surface area contributed by atoms with Crippen molar-refractivity contribution < 1.29 is 28.5 Å². The number of ether oxygens (including phenoxy) is 4. The second kappa shape index (κ2) is 11.2. The van der Waals surface area contributed by atoms with E-state index in [1.165, 1.54) is 4.68 Å². The Balaban J connectivity index is 3.06. The molecule has 0 unspecified atom stereocenters. The highest BCUT2D eigenvalue weighted by molar-refractivity contribution is 5.87. The molecule has 172 valence electrons. The summed E-state index contributed by atoms with van der Waals surface area (Å²) in [5.74, 6) is -0.180. The fourth-order valence-corrected chi connectivity index (χ4v) is 2.51. The van der Waals surface area contributed by atoms with Crippen molar-refractivity contribution in [2.75, 3.05) is 26.9 Å². The highest BCUT2D eigenvalue weighted by atomic mass is 16.6. The summed E-state index contributed by atoms with van der Waals surface area (Å²) in [6.45, 7) is 14.6. The third kappa shape index (κ3) is 9.02. The fourth-order valence-electron chi connectivity index (χ4n) is 2.51. The lowest BCUT2D eigenvalue weighted by Crippen LogP contribution is -2.48. The minimum absolute atomic E-state index is 0.243. The Morgan fingerprint density at radius 1 is 1.17 bits per heavy atom. The number of carbonyl (C=O) groups excluding carboxylic acids is 2. The Morgan fingerprint density at radius 3 is 2.37 bits per heavy atom. The number of rotatable bonds is 10. The topological polar surface area (TPSA) is 101 Å². The van der Waals surface area contributed by atoms with Gasteiger partial charge in [0.25, 0.3) is 0 Å². The molecule has 0 saturated carbocycles. The molecule has 30 heavy (non-hydrogen) atoms. The molecule has 0 radical (unpaired) electrons. The number of nitrogens with zero attached hydrogens (tertiary/aromatic N) is 2. The summed E-state index contributed by atoms with van der Waals surface area (Å²) in [4.78, 5) is 24.8. The highest BCUT2D eigenvalue weighted by Gasteiger charge is 2.31. The summed E-state index contributed by atoms with van der Waals surface area (Å²) < 4.78 is 22.7. The SMILES string of the molecule is CCOC(=O)c1cc(OCCCOC)nn1C[C@H](NC(=O)OC(C)(C)C)C(C)(C)C. The molecule has 0 bridgehead atoms. The zero-order valence-corrected chi connectivity index (χ0v) is 19.5. The lowest BCUT2D eigenvalue weighted by Gasteiger charge is -2.32. The van der Waals surface area contributed by atoms with E-state index in [4.69, 9.17) is 18.9 Å². The molecular weight excluding hydrogens is 390 g/mol. The summed E-state index contributed by atoms with van der Waals surface area (Å²) in [5.41, 5.74) is -0.676. The monoisotopic (exact) mass is 427 g/mol. The van der Waals surface area contributed by atoms with Gasteiger partial charge in [0.05, 0.1) is 25.8 Å². The van der Waals surface area contributed by atoms with Crippen LogP contribution in [0.25, 0.3) is 0 Å². The summed E-state index contributed by atoms with van der Waals surface area (Å²) in [6, 6.07) is 1.19. The van der Waals surface area contributed by atoms with E-state index in [-0.39, 0.29) is 30.3 Å². The molecule has 1 heterocycles. The molecule has 1 aromatic rings. The average Bonchev–Trinajstić information content (AvgIpc) is 2.99. The van der Waals surface area contributed by atoms with Crippen molar-refractivity contribution in [1.29, 1.82) is 0 Å². The smallest absolute Gasteiger partial charge is 0.407 e. The summed E-state index contributed by atoms with van der Waals surface area (Å²) in [7, 11) is 1.62. The van der Waals surface area contributed by atoms with Crippen LogP contribution in [0.2, 0.25) is 0 Å². The number of nitrogens with one attached hydrogen (secondary N) is 1. The van der Waals surface area contributed by atoms with Crippen LogP contribution >= 0.6 is 0 Å². The first-order valence-electron chi connectivity index (χ1n) is 10.2. The molecule has 1 N–H and O–H groups in total. The summed E-state index contributed by atoms with van der Waals surface area (Å²) in [6.07, 6.45) is 0.173. The molecule has 9 nitrogen and oxygen atoms in total. The Kier molecular flexibility index (Phi) is 9.61. The predicted octanol–water partition coefficient (Wildman–Crippen LogP) is 3.41. The number of amides is 1. The second-order valence-electron chi connectivity index (χ2n) is 9.03. The van der Waals surface area contributed by atoms with Crippen molar-refractivity contribution >= 4 is 12.1 Å². The molecule has 9 heteroatoms. The number of esters is 1. The molecule has 0 spiro atoms. The zero-order chi connectivity index (χ0) is 22.9. The van der Waals surface area contributed by atoms with E-state index >= 15 is 0 Å². The van der Waals surface area contributed by atoms with Gasteiger partial charge in [0.15, 0.2) is 0 Å². The van der Waals surface area contributed by atoms with Crippen molar-refractivity contribution in [2.24, 2.45) is 5.41 Å². The fraction of sp³-hybridized carbons (Fsp3) is 0.762. The summed E-state index contributed by atoms with van der Waals surface area (Å²) in [5, 5.41) is 7.30. The molecule has 0 saturated heterocycles. The lowest BCUT2D eigenvalue weighted by molar-refractivity contribution is 0.0449. The van der Waals surface area contributed by atoms with Gasteiger partial charge >= 0.3 is 12.1 Å². The minimum atomic E-state index is -0.614. The first-order chi connectivity index (χ1) is 13.9. The summed E-state index contributed by atoms with van der Waals surface area (Å²) >= 11 is 0. The Morgan fingerprint density at radius 2 is 1.83 bits per heavy atom. The maximum atomic E-state index is 12.4. The van der Waals surface area contributed by atoms with Crippen molar-refractivity contribution in [2.45, 2.75) is 73.1 Å². The van der Waals surface area contributed by atoms with Crippen molar-refractivity contribution in [3.8, 4) is 5.88 Å². The molecular formula is C21H37N3O6. The van der Waals surface area contributed by atoms with Crippen molar-refractivity contribution in [3.63, 3.8) is 0 Å². The Bertz CT molecular complexity index is 688. The van der Waals surface area contributed by atoms with Crippen LogP contribution in [0, 0.1) is 5.41 Å². The number of aromatic nitrogens is 2. The van der Waals surface area contributed by atoms with Gasteiger partial charge in [-0.2, -0.15) is 0 Å². The van der Waals surface area contributed by atoms with Crippen molar-refractivity contribution in [3.05, 3.63) is 11.8 Å². The van der Waals surface area contributed by atoms with Gasteiger partial charge in [0.2, 0.25) is 5.88 Å². The standard InChI is InChI=1S/C21H37N3O6/c1-9-28-18(25)15-13-17(29-12-10-11-27-8)23-24(15)14-16(20(2,3)4)22-19(26)30-21(5,6)7/h13,16H,9-12,14H2,1-8H3,(H,22,26)/t16-/m0/s1. The molecule has 0 aliphatic carbocycles. The maximum absolute atomic E-state index is 12.4. The number of methoxy groups -OCH3 is 1. The quantitative estimate of drug-likeness (QED) is 0.451. The van der Waals surface area contributed by atoms with Crippen LogP contribution in [-0.4, -0.2) is 60.4 Å². The van der Waals surface area contributed by atoms with Crippen LogP contribution in [0.4, 0.5) is 4.79 Å². The molecule has 0 aliphatic rings. The Labute approximate surface area is 179 Å². The van der Waals surface area contributed by atoms with Crippen LogP contribution in [0.3, 0.4) is 0 Å². The van der Waals surface area contributed by atoms with E-state index in [1.54, 1.807) is 40.9 Å². The van der Waals surface area contributed by atoms with Crippen LogP contribution in [0.1, 0.15) is 65.4 Å². The van der Waals surface area contributed by atoms with Crippen molar-refractivity contribution in [1.82, 2.24) is 15.1 Å². The molecule has 0 fully saturated rings. The number of alkyl carbamates (subject to hydrolysis) is 1. The number of hydrogen-bond donors (Lipinski definition) is 1. The van der Waals surface area contributed by atoms with Crippen LogP contribution in [0.15, 0.2) is 6.07 Å². The lowest BCUT2D eigenvalue weighted by atomic mass is 9.86. The molecule has 1 rings (SSSR count). The van der Waals surface area contributed by atoms with E-state index in [2.05, 4.69) is 10.4 Å². The molecule has 1 aromatic heterocycles. The molecule has 0 aromatic carbocycles. The largest absolute Gasteiger partial charge is 0.477 e. The minimum Gasteiger partial charge on any atom is -0.477 e. The molecule has 0 aliphatic heterocycles. The van der Waals surface area contributed by atoms with Crippen LogP contribution < -0.4 is 10.1 Å². The van der Waals surface area contributed by atoms with Gasteiger partial charge in [-0.3, -0.25) is 4.68 Å². The average molecular weight is 428 g/mol. The zero-order valence-electron chi connectivity index (χ0n) is 19.5. The van der Waals surface area contributed by atoms with Gasteiger partial charge in [-0.1, -0.05) is 20.8 Å². The number of carbonyl (C=O) groups is 2. The van der Waals surface area contributed by atoms with E-state index in [0.29, 0.717) is 25.5 Å². The van der Waals surface area contributed by atoms with Gasteiger partial charge in [-0.15, -0.1) is 5.10 Å². The van der Waals surface area contributed by atoms with E-state index < -0.39 is 17.7 Å². The van der Waals surface area contributed by atoms with Gasteiger partial charge in [0.1, 0.15) is 11.3 Å². The van der Waals surface area contributed by atoms with Gasteiger partial charge in [-0.05, 0) is 33.1 Å². The normalized spacial score (nSPS) is 12.9. The first-order valence-corrected chi connectivity index (χ1v) is 10.2. The van der Waals surface area contributed by atoms with Crippen LogP contribution in [-0.2, 0) is 20.8 Å². The van der Waals surface area contributed by atoms with E-state index in [9.17, 15) is 9.59 Å². The third-order valence-electron chi connectivity index (χ3n) is 4.08. The maximum Gasteiger partial charge on any atom is 0.407 e. The Hall–Kier alpha value is -2.29. The highest BCUT2D eigenvalue weighted by Crippen LogP contribution is 2.23. The van der Waals surface area contributed by atoms with Gasteiger partial charge in [0, 0.05) is 26.2 Å². The first kappa shape index (κ1) is 25.7. The molecule has 1 atom stereocenters.